The number of hydrogen-bond acceptors (Lipinski definition) is 6. The van der Waals surface area contributed by atoms with Crippen LogP contribution >= 0.6 is 0 Å². The van der Waals surface area contributed by atoms with Crippen molar-refractivity contribution in [2.45, 2.75) is 32.2 Å². The minimum atomic E-state index is -0.482. The van der Waals surface area contributed by atoms with E-state index in [1.807, 2.05) is 30.3 Å². The molecule has 2 aliphatic rings. The molecule has 0 unspecified atom stereocenters. The second kappa shape index (κ2) is 12.1. The highest BCUT2D eigenvalue weighted by atomic mass is 19.1. The topological polar surface area (TPSA) is 120 Å². The number of aromatic amines is 1. The van der Waals surface area contributed by atoms with Crippen LogP contribution in [0.3, 0.4) is 0 Å². The van der Waals surface area contributed by atoms with E-state index in [-0.39, 0.29) is 41.9 Å². The fraction of sp³-hybridized carbons (Fsp3) is 0.344. The molecule has 10 nitrogen and oxygen atoms in total. The lowest BCUT2D eigenvalue weighted by atomic mass is 9.93. The maximum atomic E-state index is 16.4. The Labute approximate surface area is 248 Å². The number of halogens is 1. The number of aromatic nitrogens is 4. The van der Waals surface area contributed by atoms with Gasteiger partial charge in [0, 0.05) is 55.3 Å². The Morgan fingerprint density at radius 1 is 1.16 bits per heavy atom. The van der Waals surface area contributed by atoms with Crippen molar-refractivity contribution in [2.24, 2.45) is 5.92 Å². The van der Waals surface area contributed by atoms with Crippen molar-refractivity contribution in [3.63, 3.8) is 0 Å². The fourth-order valence-electron chi connectivity index (χ4n) is 6.01. The number of nitrogens with one attached hydrogen (secondary N) is 1. The highest BCUT2D eigenvalue weighted by molar-refractivity contribution is 6.05. The average Bonchev–Trinajstić information content (AvgIpc) is 3.75. The molecule has 0 radical (unpaired) electrons. The van der Waals surface area contributed by atoms with Gasteiger partial charge in [-0.25, -0.2) is 4.39 Å². The summed E-state index contributed by atoms with van der Waals surface area (Å²) in [7, 11) is 1.58. The van der Waals surface area contributed by atoms with Crippen molar-refractivity contribution >= 4 is 28.3 Å². The smallest absolute Gasteiger partial charge is 0.270 e. The molecule has 1 saturated heterocycles. The third-order valence-electron chi connectivity index (χ3n) is 8.25. The van der Waals surface area contributed by atoms with Crippen molar-refractivity contribution < 1.29 is 18.7 Å². The number of likely N-dealkylation sites (tertiary alicyclic amines) is 1. The number of rotatable bonds is 7. The summed E-state index contributed by atoms with van der Waals surface area (Å²) < 4.78 is 23.7. The average molecular weight is 582 g/mol. The molecule has 1 N–H and O–H groups in total. The van der Waals surface area contributed by atoms with Crippen LogP contribution in [-0.2, 0) is 11.3 Å². The van der Waals surface area contributed by atoms with Crippen LogP contribution in [0.25, 0.3) is 27.6 Å². The predicted molar refractivity (Wildman–Crippen MR) is 158 cm³/mol. The van der Waals surface area contributed by atoms with Crippen LogP contribution < -0.4 is 4.74 Å². The Morgan fingerprint density at radius 3 is 2.81 bits per heavy atom. The maximum absolute atomic E-state index is 16.4. The molecule has 4 heterocycles. The van der Waals surface area contributed by atoms with Gasteiger partial charge in [0.25, 0.3) is 5.91 Å². The molecule has 1 atom stereocenters. The largest absolute Gasteiger partial charge is 0.496 e. The Morgan fingerprint density at radius 2 is 2.02 bits per heavy atom. The van der Waals surface area contributed by atoms with Crippen LogP contribution in [0.15, 0.2) is 54.9 Å². The Kier molecular flexibility index (Phi) is 7.92. The van der Waals surface area contributed by atoms with E-state index in [9.17, 15) is 14.9 Å². The minimum Gasteiger partial charge on any atom is -0.496 e. The number of carbonyl (C=O) groups excluding carboxylic acids is 2. The molecule has 0 aliphatic carbocycles. The van der Waals surface area contributed by atoms with Crippen molar-refractivity contribution in [3.05, 3.63) is 71.9 Å². The maximum Gasteiger partial charge on any atom is 0.270 e. The molecule has 0 saturated carbocycles. The zero-order valence-electron chi connectivity index (χ0n) is 23.9. The minimum absolute atomic E-state index is 0.0440. The fourth-order valence-corrected chi connectivity index (χ4v) is 6.01. The monoisotopic (exact) mass is 581 g/mol. The molecule has 0 bridgehead atoms. The van der Waals surface area contributed by atoms with Crippen molar-refractivity contribution in [1.29, 1.82) is 5.26 Å². The molecule has 2 aliphatic heterocycles. The van der Waals surface area contributed by atoms with Crippen molar-refractivity contribution in [1.82, 2.24) is 29.8 Å². The van der Waals surface area contributed by atoms with Gasteiger partial charge >= 0.3 is 0 Å². The summed E-state index contributed by atoms with van der Waals surface area (Å²) in [4.78, 5) is 33.1. The summed E-state index contributed by atoms with van der Waals surface area (Å²) >= 11 is 0. The number of nitriles is 1. The molecule has 43 heavy (non-hydrogen) atoms. The van der Waals surface area contributed by atoms with Gasteiger partial charge in [0.05, 0.1) is 37.4 Å². The van der Waals surface area contributed by atoms with E-state index in [1.54, 1.807) is 46.1 Å². The molecule has 2 amide bonds. The Balaban J connectivity index is 1.38. The van der Waals surface area contributed by atoms with E-state index in [0.29, 0.717) is 60.4 Å². The van der Waals surface area contributed by atoms with Crippen LogP contribution in [-0.4, -0.2) is 74.9 Å². The van der Waals surface area contributed by atoms with Crippen molar-refractivity contribution in [3.8, 4) is 22.9 Å². The first-order chi connectivity index (χ1) is 21.0. The lowest BCUT2D eigenvalue weighted by Crippen LogP contribution is -2.39. The van der Waals surface area contributed by atoms with Gasteiger partial charge < -0.3 is 19.5 Å². The first kappa shape index (κ1) is 28.2. The van der Waals surface area contributed by atoms with Crippen molar-refractivity contribution in [2.75, 3.05) is 33.3 Å². The van der Waals surface area contributed by atoms with Crippen LogP contribution in [0.4, 0.5) is 4.39 Å². The molecular weight excluding hydrogens is 549 g/mol. The van der Waals surface area contributed by atoms with E-state index in [0.717, 1.165) is 18.4 Å². The number of piperidine rings is 1. The lowest BCUT2D eigenvalue weighted by Gasteiger charge is -2.29. The summed E-state index contributed by atoms with van der Waals surface area (Å²) in [6, 6.07) is 13.2. The third-order valence-corrected chi connectivity index (χ3v) is 8.25. The zero-order valence-corrected chi connectivity index (χ0v) is 23.9. The number of H-pyrrole nitrogens is 1. The number of para-hydroxylation sites is 1. The molecule has 2 aromatic carbocycles. The number of nitrogens with zero attached hydrogens (tertiary/aromatic N) is 6. The normalized spacial score (nSPS) is 17.0. The summed E-state index contributed by atoms with van der Waals surface area (Å²) in [5.74, 6) is -0.383. The van der Waals surface area contributed by atoms with Gasteiger partial charge in [-0.05, 0) is 48.6 Å². The molecular formula is C32H32FN7O3. The van der Waals surface area contributed by atoms with E-state index < -0.39 is 5.82 Å². The van der Waals surface area contributed by atoms with E-state index in [2.05, 4.69) is 21.4 Å². The number of fused-ring (bicyclic) bond motifs is 1. The second-order valence-corrected chi connectivity index (χ2v) is 10.9. The van der Waals surface area contributed by atoms with Crippen LogP contribution in [0.1, 0.15) is 41.7 Å². The number of benzene rings is 2. The lowest BCUT2D eigenvalue weighted by molar-refractivity contribution is -0.131. The number of carbonyl (C=O) groups is 2. The summed E-state index contributed by atoms with van der Waals surface area (Å²) in [6.07, 6.45) is 7.61. The van der Waals surface area contributed by atoms with Gasteiger partial charge in [0.2, 0.25) is 5.91 Å². The molecule has 2 aromatic heterocycles. The van der Waals surface area contributed by atoms with E-state index in [1.165, 1.54) is 0 Å². The third kappa shape index (κ3) is 5.60. The standard InChI is InChI=1S/C32H32FN7O3/c1-43-28-9-3-2-8-23(28)25-16-24(22-7-5-12-38(20-22)29(41)10-14-40-15-11-35-37-40)30(33)31-26(25)17-27(36-31)32(42)39-13-4-6-21(18-34)19-39/h2-3,7-9,11,15-17,21,36H,4-6,10,12-14,19-20H2,1H3/t21-/m1/s1. The van der Waals surface area contributed by atoms with Gasteiger partial charge in [-0.1, -0.05) is 29.5 Å². The molecule has 6 rings (SSSR count). The number of methoxy groups -OCH3 is 1. The molecule has 1 fully saturated rings. The number of hydrogen-bond donors (Lipinski definition) is 1. The van der Waals surface area contributed by atoms with Gasteiger partial charge in [-0.2, -0.15) is 5.26 Å². The first-order valence-electron chi connectivity index (χ1n) is 14.5. The highest BCUT2D eigenvalue weighted by Gasteiger charge is 2.28. The SMILES string of the molecule is COc1ccccc1-c1cc(C2=CCCN(C(=O)CCn3ccnn3)C2)c(F)c2[nH]c(C(=O)N3CCC[C@H](C#N)C3)cc12. The Hall–Kier alpha value is -4.98. The van der Waals surface area contributed by atoms with Crippen LogP contribution in [0, 0.1) is 23.1 Å². The second-order valence-electron chi connectivity index (χ2n) is 10.9. The molecule has 220 valence electrons. The van der Waals surface area contributed by atoms with E-state index >= 15 is 4.39 Å². The van der Waals surface area contributed by atoms with Gasteiger partial charge in [-0.15, -0.1) is 5.10 Å². The van der Waals surface area contributed by atoms with Crippen LogP contribution in [0.2, 0.25) is 0 Å². The predicted octanol–water partition coefficient (Wildman–Crippen LogP) is 4.66. The quantitative estimate of drug-likeness (QED) is 0.339. The van der Waals surface area contributed by atoms with Gasteiger partial charge in [0.1, 0.15) is 11.4 Å². The first-order valence-corrected chi connectivity index (χ1v) is 14.5. The molecule has 4 aromatic rings. The summed E-state index contributed by atoms with van der Waals surface area (Å²) in [5, 5.41) is 17.7. The van der Waals surface area contributed by atoms with E-state index in [4.69, 9.17) is 4.74 Å². The molecule has 11 heteroatoms. The van der Waals surface area contributed by atoms with Gasteiger partial charge in [0.15, 0.2) is 5.82 Å². The summed E-state index contributed by atoms with van der Waals surface area (Å²) in [5.41, 5.74) is 3.02. The summed E-state index contributed by atoms with van der Waals surface area (Å²) in [6.45, 7) is 2.13. The Bertz CT molecular complexity index is 1740. The highest BCUT2D eigenvalue weighted by Crippen LogP contribution is 2.40. The number of amides is 2. The van der Waals surface area contributed by atoms with Gasteiger partial charge in [-0.3, -0.25) is 14.3 Å². The zero-order chi connectivity index (χ0) is 29.9. The van der Waals surface area contributed by atoms with Crippen LogP contribution in [0.5, 0.6) is 5.75 Å². The number of aryl methyl sites for hydroxylation is 1. The molecule has 0 spiro atoms. The number of ether oxygens (including phenoxy) is 1.